The summed E-state index contributed by atoms with van der Waals surface area (Å²) in [6, 6.07) is 15.9. The van der Waals surface area contributed by atoms with Crippen molar-refractivity contribution in [2.24, 2.45) is 0 Å². The number of nitrogens with zero attached hydrogens (tertiary/aromatic N) is 1. The van der Waals surface area contributed by atoms with Gasteiger partial charge in [0, 0.05) is 22.6 Å². The molecule has 0 saturated carbocycles. The average Bonchev–Trinajstić information content (AvgIpc) is 2.50. The summed E-state index contributed by atoms with van der Waals surface area (Å²) in [5, 5.41) is 3.24. The Morgan fingerprint density at radius 1 is 1.00 bits per heavy atom. The fraction of sp³-hybridized carbons (Fsp3) is 0.188. The van der Waals surface area contributed by atoms with Crippen LogP contribution in [0.1, 0.15) is 6.42 Å². The van der Waals surface area contributed by atoms with Crippen LogP contribution >= 0.6 is 0 Å². The molecule has 0 bridgehead atoms. The molecular formula is C16H16NO4S+. The van der Waals surface area contributed by atoms with Crippen molar-refractivity contribution in [1.29, 1.82) is 0 Å². The van der Waals surface area contributed by atoms with Gasteiger partial charge >= 0.3 is 0 Å². The minimum absolute atomic E-state index is 0.201. The lowest BCUT2D eigenvalue weighted by molar-refractivity contribution is -0.870. The number of fused-ring (bicyclic) bond motifs is 3. The van der Waals surface area contributed by atoms with Gasteiger partial charge in [-0.05, 0) is 12.1 Å². The van der Waals surface area contributed by atoms with E-state index in [0.717, 1.165) is 21.7 Å². The number of hydrogen-bond acceptors (Lipinski definition) is 3. The minimum Gasteiger partial charge on any atom is -0.286 e. The molecule has 1 N–H and O–H groups in total. The first-order chi connectivity index (χ1) is 10.5. The van der Waals surface area contributed by atoms with Gasteiger partial charge < -0.3 is 0 Å². The van der Waals surface area contributed by atoms with E-state index in [0.29, 0.717) is 0 Å². The molecule has 0 aliphatic carbocycles. The Morgan fingerprint density at radius 3 is 2.45 bits per heavy atom. The van der Waals surface area contributed by atoms with E-state index in [1.54, 1.807) is 4.73 Å². The number of rotatable bonds is 5. The maximum Gasteiger partial charge on any atom is 0.265 e. The first-order valence-electron chi connectivity index (χ1n) is 6.95. The van der Waals surface area contributed by atoms with Gasteiger partial charge in [0.25, 0.3) is 15.6 Å². The van der Waals surface area contributed by atoms with Crippen molar-refractivity contribution in [3.05, 3.63) is 54.7 Å². The molecule has 0 saturated heterocycles. The second-order valence-corrected chi connectivity index (χ2v) is 6.60. The monoisotopic (exact) mass is 318 g/mol. The summed E-state index contributed by atoms with van der Waals surface area (Å²) in [5.41, 5.74) is 0.910. The van der Waals surface area contributed by atoms with Crippen LogP contribution in [0.4, 0.5) is 0 Å². The number of hydrogen-bond donors (Lipinski definition) is 1. The van der Waals surface area contributed by atoms with Crippen LogP contribution in [0.3, 0.4) is 0 Å². The Bertz CT molecular complexity index is 922. The minimum atomic E-state index is -3.94. The van der Waals surface area contributed by atoms with Crippen molar-refractivity contribution in [2.45, 2.75) is 6.42 Å². The van der Waals surface area contributed by atoms with Gasteiger partial charge in [0.1, 0.15) is 0 Å². The normalized spacial score (nSPS) is 11.9. The lowest BCUT2D eigenvalue weighted by atomic mass is 10.1. The Morgan fingerprint density at radius 2 is 1.68 bits per heavy atom. The third kappa shape index (κ3) is 3.18. The predicted octanol–water partition coefficient (Wildman–Crippen LogP) is 1.99. The Balaban J connectivity index is 1.94. The molecular weight excluding hydrogens is 302 g/mol. The average molecular weight is 318 g/mol. The van der Waals surface area contributed by atoms with Gasteiger partial charge in [-0.1, -0.05) is 30.3 Å². The predicted molar refractivity (Wildman–Crippen MR) is 84.1 cm³/mol. The fourth-order valence-electron chi connectivity index (χ4n) is 2.46. The van der Waals surface area contributed by atoms with Gasteiger partial charge in [-0.2, -0.15) is 8.42 Å². The summed E-state index contributed by atoms with van der Waals surface area (Å²) in [4.78, 5) is 5.66. The van der Waals surface area contributed by atoms with E-state index in [-0.39, 0.29) is 18.8 Å². The van der Waals surface area contributed by atoms with Crippen LogP contribution in [0.25, 0.3) is 21.7 Å². The third-order valence-corrected chi connectivity index (χ3v) is 4.23. The van der Waals surface area contributed by atoms with Gasteiger partial charge in [-0.3, -0.25) is 9.39 Å². The standard InChI is InChI=1S/C16H15NO4S/c18-22(19,20)11-5-10-21-17-12-13-6-1-2-7-14(13)15-8-3-4-9-16(15)17/h1-4,6-9,12H,5,10-11H2/p+1. The number of benzene rings is 2. The van der Waals surface area contributed by atoms with Crippen LogP contribution in [0.2, 0.25) is 0 Å². The molecule has 0 amide bonds. The van der Waals surface area contributed by atoms with Gasteiger partial charge in [0.2, 0.25) is 6.20 Å². The second-order valence-electron chi connectivity index (χ2n) is 5.03. The number of aromatic nitrogens is 1. The molecule has 0 unspecified atom stereocenters. The van der Waals surface area contributed by atoms with Crippen LogP contribution < -0.4 is 9.57 Å². The lowest BCUT2D eigenvalue weighted by Gasteiger charge is -2.04. The molecule has 0 aliphatic heterocycles. The first-order valence-corrected chi connectivity index (χ1v) is 8.56. The summed E-state index contributed by atoms with van der Waals surface area (Å²) in [5.74, 6) is -0.306. The van der Waals surface area contributed by atoms with Crippen LogP contribution in [0, 0.1) is 0 Å². The van der Waals surface area contributed by atoms with E-state index in [1.807, 2.05) is 48.7 Å². The molecule has 0 fully saturated rings. The highest BCUT2D eigenvalue weighted by Gasteiger charge is 2.15. The highest BCUT2D eigenvalue weighted by Crippen LogP contribution is 2.21. The fourth-order valence-corrected chi connectivity index (χ4v) is 2.94. The van der Waals surface area contributed by atoms with Crippen LogP contribution in [0.5, 0.6) is 0 Å². The maximum atomic E-state index is 10.7. The van der Waals surface area contributed by atoms with Gasteiger partial charge in [0.15, 0.2) is 6.61 Å². The van der Waals surface area contributed by atoms with Crippen LogP contribution in [0.15, 0.2) is 54.7 Å². The zero-order valence-corrected chi connectivity index (χ0v) is 12.7. The zero-order chi connectivity index (χ0) is 15.6. The molecule has 1 heterocycles. The molecule has 1 aromatic heterocycles. The van der Waals surface area contributed by atoms with Crippen LogP contribution in [-0.4, -0.2) is 25.3 Å². The molecule has 0 atom stereocenters. The maximum absolute atomic E-state index is 10.7. The van der Waals surface area contributed by atoms with Crippen molar-refractivity contribution < 1.29 is 22.5 Å². The first kappa shape index (κ1) is 14.7. The zero-order valence-electron chi connectivity index (χ0n) is 11.8. The van der Waals surface area contributed by atoms with Crippen molar-refractivity contribution in [3.63, 3.8) is 0 Å². The topological polar surface area (TPSA) is 67.5 Å². The van der Waals surface area contributed by atoms with Crippen LogP contribution in [-0.2, 0) is 10.1 Å². The Labute approximate surface area is 128 Å². The SMILES string of the molecule is O=S(=O)(O)CCCO[n+]1cc2ccccc2c2ccccc21. The molecule has 22 heavy (non-hydrogen) atoms. The molecule has 3 rings (SSSR count). The molecule has 2 aromatic carbocycles. The largest absolute Gasteiger partial charge is 0.286 e. The molecule has 114 valence electrons. The summed E-state index contributed by atoms with van der Waals surface area (Å²) >= 11 is 0. The molecule has 0 aliphatic rings. The van der Waals surface area contributed by atoms with Gasteiger partial charge in [-0.25, -0.2) is 0 Å². The molecule has 0 spiro atoms. The summed E-state index contributed by atoms with van der Waals surface area (Å²) in [7, 11) is -3.94. The molecule has 6 heteroatoms. The van der Waals surface area contributed by atoms with E-state index < -0.39 is 10.1 Å². The van der Waals surface area contributed by atoms with Crippen molar-refractivity contribution >= 4 is 31.8 Å². The van der Waals surface area contributed by atoms with Crippen molar-refractivity contribution in [1.82, 2.24) is 0 Å². The highest BCUT2D eigenvalue weighted by molar-refractivity contribution is 7.85. The van der Waals surface area contributed by atoms with E-state index in [1.165, 1.54) is 0 Å². The lowest BCUT2D eigenvalue weighted by Crippen LogP contribution is -2.43. The van der Waals surface area contributed by atoms with E-state index in [9.17, 15) is 8.42 Å². The highest BCUT2D eigenvalue weighted by atomic mass is 32.2. The number of para-hydroxylation sites is 1. The van der Waals surface area contributed by atoms with Crippen molar-refractivity contribution in [3.8, 4) is 0 Å². The third-order valence-electron chi connectivity index (χ3n) is 3.43. The molecule has 5 nitrogen and oxygen atoms in total. The summed E-state index contributed by atoms with van der Waals surface area (Å²) in [6.45, 7) is 0.201. The van der Waals surface area contributed by atoms with Crippen molar-refractivity contribution in [2.75, 3.05) is 12.4 Å². The summed E-state index contributed by atoms with van der Waals surface area (Å²) < 4.78 is 31.8. The second kappa shape index (κ2) is 5.90. The van der Waals surface area contributed by atoms with E-state index in [4.69, 9.17) is 9.39 Å². The van der Waals surface area contributed by atoms with E-state index in [2.05, 4.69) is 6.07 Å². The Kier molecular flexibility index (Phi) is 3.96. The van der Waals surface area contributed by atoms with E-state index >= 15 is 0 Å². The Hall–Kier alpha value is -2.18. The smallest absolute Gasteiger partial charge is 0.265 e. The summed E-state index contributed by atoms with van der Waals surface area (Å²) in [6.07, 6.45) is 2.11. The number of pyridine rings is 1. The molecule has 0 radical (unpaired) electrons. The molecule has 3 aromatic rings. The van der Waals surface area contributed by atoms with Gasteiger partial charge in [0.05, 0.1) is 16.5 Å². The quantitative estimate of drug-likeness (QED) is 0.338. The van der Waals surface area contributed by atoms with Gasteiger partial charge in [-0.15, -0.1) is 0 Å².